The van der Waals surface area contributed by atoms with E-state index in [2.05, 4.69) is 89.5 Å². The molecule has 0 saturated carbocycles. The van der Waals surface area contributed by atoms with Crippen molar-refractivity contribution in [1.29, 1.82) is 0 Å². The summed E-state index contributed by atoms with van der Waals surface area (Å²) in [6.45, 7) is 19.4. The first-order valence-electron chi connectivity index (χ1n) is 9.90. The summed E-state index contributed by atoms with van der Waals surface area (Å²) in [5.41, 5.74) is 3.51. The van der Waals surface area contributed by atoms with E-state index in [0.717, 1.165) is 30.1 Å². The van der Waals surface area contributed by atoms with Gasteiger partial charge < -0.3 is 4.90 Å². The molecule has 0 fully saturated rings. The summed E-state index contributed by atoms with van der Waals surface area (Å²) in [5, 5.41) is 0. The van der Waals surface area contributed by atoms with Crippen molar-refractivity contribution in [3.05, 3.63) is 60.0 Å². The molecule has 0 aromatic heterocycles. The Kier molecular flexibility index (Phi) is 12.4. The largest absolute Gasteiger partial charge is 0.337 e. The van der Waals surface area contributed by atoms with Crippen LogP contribution in [0, 0.1) is 11.8 Å². The fourth-order valence-electron chi connectivity index (χ4n) is 2.00. The molecule has 0 aromatic carbocycles. The second-order valence-electron chi connectivity index (χ2n) is 7.30. The van der Waals surface area contributed by atoms with Crippen LogP contribution in [0.4, 0.5) is 0 Å². The van der Waals surface area contributed by atoms with Crippen LogP contribution in [0.15, 0.2) is 65.0 Å². The van der Waals surface area contributed by atoms with Crippen LogP contribution >= 0.6 is 0 Å². The Labute approximate surface area is 162 Å². The highest BCUT2D eigenvalue weighted by atomic mass is 15.2. The molecule has 26 heavy (non-hydrogen) atoms. The molecule has 0 aliphatic heterocycles. The third-order valence-corrected chi connectivity index (χ3v) is 4.62. The summed E-state index contributed by atoms with van der Waals surface area (Å²) in [7, 11) is 2.04. The minimum absolute atomic E-state index is 0.387. The van der Waals surface area contributed by atoms with Crippen LogP contribution in [0.5, 0.6) is 0 Å². The number of hydrogen-bond acceptors (Lipinski definition) is 1. The quantitative estimate of drug-likeness (QED) is 0.228. The Hall–Kier alpha value is -1.83. The third-order valence-electron chi connectivity index (χ3n) is 4.62. The molecule has 146 valence electrons. The van der Waals surface area contributed by atoms with E-state index in [1.807, 2.05) is 14.0 Å². The van der Waals surface area contributed by atoms with E-state index in [-0.39, 0.29) is 0 Å². The van der Waals surface area contributed by atoms with Crippen LogP contribution in [0.2, 0.25) is 0 Å². The minimum atomic E-state index is 0.387. The van der Waals surface area contributed by atoms with Gasteiger partial charge in [-0.15, -0.1) is 0 Å². The van der Waals surface area contributed by atoms with Gasteiger partial charge in [-0.1, -0.05) is 83.6 Å². The second kappa shape index (κ2) is 13.4. The lowest BCUT2D eigenvalue weighted by Crippen LogP contribution is -2.23. The molecule has 0 N–H and O–H groups in total. The molecule has 0 aliphatic rings. The fraction of sp³-hybridized carbons (Fsp3) is 0.542. The van der Waals surface area contributed by atoms with E-state index < -0.39 is 0 Å². The van der Waals surface area contributed by atoms with E-state index >= 15 is 0 Å². The first kappa shape index (κ1) is 24.2. The van der Waals surface area contributed by atoms with Gasteiger partial charge >= 0.3 is 0 Å². The van der Waals surface area contributed by atoms with Crippen molar-refractivity contribution in [1.82, 2.24) is 4.90 Å². The molecule has 2 heteroatoms. The summed E-state index contributed by atoms with van der Waals surface area (Å²) in [4.78, 5) is 6.92. The van der Waals surface area contributed by atoms with E-state index in [0.29, 0.717) is 11.8 Å². The van der Waals surface area contributed by atoms with Crippen molar-refractivity contribution in [2.24, 2.45) is 16.8 Å². The molecule has 0 rings (SSSR count). The minimum Gasteiger partial charge on any atom is -0.337 e. The Balaban J connectivity index is 4.96. The van der Waals surface area contributed by atoms with Crippen LogP contribution < -0.4 is 0 Å². The lowest BCUT2D eigenvalue weighted by Gasteiger charge is -2.21. The zero-order chi connectivity index (χ0) is 20.1. The first-order chi connectivity index (χ1) is 12.2. The maximum atomic E-state index is 4.84. The lowest BCUT2D eigenvalue weighted by atomic mass is 10.1. The number of amidine groups is 1. The van der Waals surface area contributed by atoms with Crippen molar-refractivity contribution < 1.29 is 0 Å². The van der Waals surface area contributed by atoms with Gasteiger partial charge in [-0.05, 0) is 38.2 Å². The third kappa shape index (κ3) is 10.2. The monoisotopic (exact) mass is 356 g/mol. The van der Waals surface area contributed by atoms with Crippen LogP contribution in [0.1, 0.15) is 67.7 Å². The first-order valence-corrected chi connectivity index (χ1v) is 9.90. The standard InChI is InChI=1S/C24H40N2/c1-10-20(5)15-13-12-14-16-22(7)26(9)23(8)25-24(19(3)4)18-17-21(6)11-2/h12-15,17-20H,7,10-11,16H2,1-6,8-9H3/b14-12-,15-13+,21-17-,24-18+,25-23+. The number of allylic oxidation sites excluding steroid dienone is 8. The van der Waals surface area contributed by atoms with Gasteiger partial charge in [-0.3, -0.25) is 0 Å². The maximum Gasteiger partial charge on any atom is 0.105 e. The van der Waals surface area contributed by atoms with Gasteiger partial charge in [0.15, 0.2) is 0 Å². The highest BCUT2D eigenvalue weighted by Crippen LogP contribution is 2.15. The van der Waals surface area contributed by atoms with Gasteiger partial charge in [0.25, 0.3) is 0 Å². The van der Waals surface area contributed by atoms with Gasteiger partial charge in [0.05, 0.1) is 0 Å². The Morgan fingerprint density at radius 1 is 1.08 bits per heavy atom. The molecule has 0 aromatic rings. The smallest absolute Gasteiger partial charge is 0.105 e. The van der Waals surface area contributed by atoms with Crippen LogP contribution in [0.25, 0.3) is 0 Å². The molecule has 0 aliphatic carbocycles. The molecule has 1 unspecified atom stereocenters. The topological polar surface area (TPSA) is 15.6 Å². The molecule has 0 bridgehead atoms. The van der Waals surface area contributed by atoms with Crippen LogP contribution in [-0.4, -0.2) is 17.8 Å². The molecule has 0 heterocycles. The summed E-state index contributed by atoms with van der Waals surface area (Å²) < 4.78 is 0. The maximum absolute atomic E-state index is 4.84. The van der Waals surface area contributed by atoms with Crippen LogP contribution in [-0.2, 0) is 0 Å². The second-order valence-corrected chi connectivity index (χ2v) is 7.30. The highest BCUT2D eigenvalue weighted by Gasteiger charge is 2.07. The zero-order valence-corrected chi connectivity index (χ0v) is 18.3. The molecule has 0 saturated heterocycles. The predicted molar refractivity (Wildman–Crippen MR) is 119 cm³/mol. The Morgan fingerprint density at radius 3 is 2.27 bits per heavy atom. The SMILES string of the molecule is C=C(C/C=C\C=C\C(C)CC)N(C)/C(C)=N/C(=C/C=C(/C)CC)C(C)C. The van der Waals surface area contributed by atoms with Gasteiger partial charge in [-0.25, -0.2) is 4.99 Å². The van der Waals surface area contributed by atoms with Gasteiger partial charge in [0.2, 0.25) is 0 Å². The summed E-state index contributed by atoms with van der Waals surface area (Å²) in [6.07, 6.45) is 16.0. The van der Waals surface area contributed by atoms with Crippen molar-refractivity contribution in [2.75, 3.05) is 7.05 Å². The van der Waals surface area contributed by atoms with E-state index in [1.165, 1.54) is 12.0 Å². The highest BCUT2D eigenvalue weighted by molar-refractivity contribution is 5.82. The Morgan fingerprint density at radius 2 is 1.73 bits per heavy atom. The summed E-state index contributed by atoms with van der Waals surface area (Å²) in [6, 6.07) is 0. The average Bonchev–Trinajstić information content (AvgIpc) is 2.62. The number of aliphatic imine (C=N–C) groups is 1. The molecule has 1 atom stereocenters. The van der Waals surface area contributed by atoms with E-state index in [9.17, 15) is 0 Å². The fourth-order valence-corrected chi connectivity index (χ4v) is 2.00. The van der Waals surface area contributed by atoms with Crippen LogP contribution in [0.3, 0.4) is 0 Å². The van der Waals surface area contributed by atoms with E-state index in [4.69, 9.17) is 4.99 Å². The molecule has 0 spiro atoms. The molecular weight excluding hydrogens is 316 g/mol. The van der Waals surface area contributed by atoms with Gasteiger partial charge in [0.1, 0.15) is 5.84 Å². The number of nitrogens with zero attached hydrogens (tertiary/aromatic N) is 2. The van der Waals surface area contributed by atoms with Gasteiger partial charge in [-0.2, -0.15) is 0 Å². The normalized spacial score (nSPS) is 15.3. The van der Waals surface area contributed by atoms with Gasteiger partial charge in [0, 0.05) is 24.9 Å². The summed E-state index contributed by atoms with van der Waals surface area (Å²) >= 11 is 0. The van der Waals surface area contributed by atoms with Crippen molar-refractivity contribution in [3.63, 3.8) is 0 Å². The van der Waals surface area contributed by atoms with Crippen molar-refractivity contribution >= 4 is 5.84 Å². The Bertz CT molecular complexity index is 571. The van der Waals surface area contributed by atoms with E-state index in [1.54, 1.807) is 0 Å². The molecular formula is C24H40N2. The number of hydrogen-bond donors (Lipinski definition) is 0. The predicted octanol–water partition coefficient (Wildman–Crippen LogP) is 7.30. The van der Waals surface area contributed by atoms with Crippen molar-refractivity contribution in [3.8, 4) is 0 Å². The molecule has 0 amide bonds. The summed E-state index contributed by atoms with van der Waals surface area (Å²) in [5.74, 6) is 1.99. The lowest BCUT2D eigenvalue weighted by molar-refractivity contribution is 0.604. The van der Waals surface area contributed by atoms with Crippen molar-refractivity contribution in [2.45, 2.75) is 67.7 Å². The zero-order valence-electron chi connectivity index (χ0n) is 18.3. The number of rotatable bonds is 10. The molecule has 2 nitrogen and oxygen atoms in total. The average molecular weight is 357 g/mol. The molecule has 0 radical (unpaired) electrons.